The van der Waals surface area contributed by atoms with Crippen LogP contribution in [0.3, 0.4) is 0 Å². The molecule has 1 unspecified atom stereocenters. The summed E-state index contributed by atoms with van der Waals surface area (Å²) in [7, 11) is 1.74. The van der Waals surface area contributed by atoms with Gasteiger partial charge in [-0.25, -0.2) is 0 Å². The smallest absolute Gasteiger partial charge is 0.221 e. The van der Waals surface area contributed by atoms with E-state index < -0.39 is 0 Å². The number of benzene rings is 1. The van der Waals surface area contributed by atoms with Gasteiger partial charge in [-0.05, 0) is 73.1 Å². The normalized spacial score (nSPS) is 33.8. The molecule has 0 aliphatic heterocycles. The number of rotatable bonds is 2. The summed E-state index contributed by atoms with van der Waals surface area (Å²) in [5, 5.41) is 3.12. The molecule has 0 bridgehead atoms. The number of aryl methyl sites for hydroxylation is 1. The third-order valence-electron chi connectivity index (χ3n) is 6.83. The summed E-state index contributed by atoms with van der Waals surface area (Å²) >= 11 is 0. The molecule has 4 atom stereocenters. The minimum atomic E-state index is 0.0614. The van der Waals surface area contributed by atoms with E-state index in [1.807, 2.05) is 0 Å². The first-order valence-electron chi connectivity index (χ1n) is 9.18. The van der Waals surface area contributed by atoms with E-state index in [4.69, 9.17) is 4.74 Å². The molecule has 1 saturated carbocycles. The zero-order valence-corrected chi connectivity index (χ0v) is 14.9. The molecule has 1 amide bonds. The molecule has 0 aromatic heterocycles. The highest BCUT2D eigenvalue weighted by molar-refractivity contribution is 5.75. The zero-order valence-electron chi connectivity index (χ0n) is 14.9. The van der Waals surface area contributed by atoms with E-state index in [1.165, 1.54) is 24.1 Å². The van der Waals surface area contributed by atoms with Crippen LogP contribution in [0.5, 0.6) is 5.75 Å². The Morgan fingerprint density at radius 3 is 2.92 bits per heavy atom. The van der Waals surface area contributed by atoms with Crippen molar-refractivity contribution >= 4 is 5.91 Å². The highest BCUT2D eigenvalue weighted by atomic mass is 16.5. The maximum absolute atomic E-state index is 11.6. The van der Waals surface area contributed by atoms with Crippen LogP contribution in [-0.4, -0.2) is 13.0 Å². The van der Waals surface area contributed by atoms with Gasteiger partial charge in [0.1, 0.15) is 5.75 Å². The van der Waals surface area contributed by atoms with Crippen LogP contribution in [0, 0.1) is 17.3 Å². The lowest BCUT2D eigenvalue weighted by Gasteiger charge is -2.50. The van der Waals surface area contributed by atoms with Gasteiger partial charge in [0.2, 0.25) is 5.91 Å². The van der Waals surface area contributed by atoms with Gasteiger partial charge in [0, 0.05) is 18.0 Å². The lowest BCUT2D eigenvalue weighted by atomic mass is 9.55. The Labute approximate surface area is 144 Å². The van der Waals surface area contributed by atoms with E-state index >= 15 is 0 Å². The quantitative estimate of drug-likeness (QED) is 0.886. The number of nitrogens with one attached hydrogen (secondary N) is 1. The van der Waals surface area contributed by atoms with Crippen LogP contribution in [0.4, 0.5) is 0 Å². The van der Waals surface area contributed by atoms with Gasteiger partial charge < -0.3 is 10.1 Å². The molecular weight excluding hydrogens is 298 g/mol. The monoisotopic (exact) mass is 325 g/mol. The van der Waals surface area contributed by atoms with Gasteiger partial charge in [-0.1, -0.05) is 19.1 Å². The average molecular weight is 325 g/mol. The first kappa shape index (κ1) is 15.7. The fourth-order valence-electron chi connectivity index (χ4n) is 5.64. The molecule has 128 valence electrons. The molecule has 3 heteroatoms. The van der Waals surface area contributed by atoms with Crippen molar-refractivity contribution in [3.63, 3.8) is 0 Å². The van der Waals surface area contributed by atoms with Crippen LogP contribution < -0.4 is 10.1 Å². The van der Waals surface area contributed by atoms with Crippen molar-refractivity contribution in [3.8, 4) is 5.75 Å². The standard InChI is InChI=1S/C21H27NO2/c1-13(23)22-20-9-8-19-18-6-4-14-12-15(24-3)5-7-16(14)17(18)10-11-21(19,20)2/h5,7,9,12,17-19H,4,6,8,10-11H2,1-3H3,(H,22,23)/t17-,18?,19+,21-/m1/s1. The summed E-state index contributed by atoms with van der Waals surface area (Å²) in [6, 6.07) is 6.64. The van der Waals surface area contributed by atoms with Gasteiger partial charge in [0.05, 0.1) is 7.11 Å². The van der Waals surface area contributed by atoms with Crippen LogP contribution >= 0.6 is 0 Å². The summed E-state index contributed by atoms with van der Waals surface area (Å²) in [5.41, 5.74) is 4.35. The largest absolute Gasteiger partial charge is 0.497 e. The number of fused-ring (bicyclic) bond motifs is 5. The average Bonchev–Trinajstić information content (AvgIpc) is 2.90. The van der Waals surface area contributed by atoms with Crippen molar-refractivity contribution in [2.75, 3.05) is 7.11 Å². The molecule has 3 aliphatic carbocycles. The third kappa shape index (κ3) is 2.28. The van der Waals surface area contributed by atoms with E-state index in [-0.39, 0.29) is 11.3 Å². The Balaban J connectivity index is 1.62. The summed E-state index contributed by atoms with van der Waals surface area (Å²) in [5.74, 6) is 3.10. The predicted octanol–water partition coefficient (Wildman–Crippen LogP) is 4.18. The molecule has 1 aromatic rings. The summed E-state index contributed by atoms with van der Waals surface area (Å²) in [4.78, 5) is 11.6. The predicted molar refractivity (Wildman–Crippen MR) is 94.9 cm³/mol. The molecule has 3 aliphatic rings. The van der Waals surface area contributed by atoms with Gasteiger partial charge >= 0.3 is 0 Å². The van der Waals surface area contributed by atoms with E-state index in [0.717, 1.165) is 30.9 Å². The fourth-order valence-corrected chi connectivity index (χ4v) is 5.64. The van der Waals surface area contributed by atoms with Gasteiger partial charge in [0.25, 0.3) is 0 Å². The van der Waals surface area contributed by atoms with Crippen LogP contribution in [0.2, 0.25) is 0 Å². The van der Waals surface area contributed by atoms with Crippen LogP contribution in [0.25, 0.3) is 0 Å². The lowest BCUT2D eigenvalue weighted by Crippen LogP contribution is -2.44. The summed E-state index contributed by atoms with van der Waals surface area (Å²) < 4.78 is 5.40. The van der Waals surface area contributed by atoms with E-state index in [1.54, 1.807) is 19.6 Å². The van der Waals surface area contributed by atoms with Crippen LogP contribution in [0.1, 0.15) is 56.6 Å². The number of hydrogen-bond acceptors (Lipinski definition) is 2. The highest BCUT2D eigenvalue weighted by Gasteiger charge is 2.52. The summed E-state index contributed by atoms with van der Waals surface area (Å²) in [6.07, 6.45) is 8.18. The number of ether oxygens (including phenoxy) is 1. The first-order valence-corrected chi connectivity index (χ1v) is 9.18. The number of hydrogen-bond donors (Lipinski definition) is 1. The zero-order chi connectivity index (χ0) is 16.9. The van der Waals surface area contributed by atoms with Crippen molar-refractivity contribution < 1.29 is 9.53 Å². The molecule has 0 heterocycles. The summed E-state index contributed by atoms with van der Waals surface area (Å²) in [6.45, 7) is 3.99. The maximum atomic E-state index is 11.6. The fraction of sp³-hybridized carbons (Fsp3) is 0.571. The van der Waals surface area contributed by atoms with Gasteiger partial charge in [-0.15, -0.1) is 0 Å². The van der Waals surface area contributed by atoms with E-state index in [9.17, 15) is 4.79 Å². The topological polar surface area (TPSA) is 38.3 Å². The van der Waals surface area contributed by atoms with Crippen molar-refractivity contribution in [2.45, 2.75) is 51.9 Å². The Bertz CT molecular complexity index is 708. The Hall–Kier alpha value is -1.77. The van der Waals surface area contributed by atoms with Crippen molar-refractivity contribution in [1.29, 1.82) is 0 Å². The number of methoxy groups -OCH3 is 1. The van der Waals surface area contributed by atoms with Crippen LogP contribution in [-0.2, 0) is 11.2 Å². The lowest BCUT2D eigenvalue weighted by molar-refractivity contribution is -0.118. The Morgan fingerprint density at radius 1 is 1.33 bits per heavy atom. The molecule has 0 radical (unpaired) electrons. The van der Waals surface area contributed by atoms with Crippen molar-refractivity contribution in [1.82, 2.24) is 5.32 Å². The Kier molecular flexibility index (Phi) is 3.70. The SMILES string of the molecule is COc1ccc2c(c1)CCC1[C@@H]2CC[C@@]2(C)C(NC(C)=O)=CC[C@@H]12. The first-order chi connectivity index (χ1) is 11.5. The molecule has 1 N–H and O–H groups in total. The van der Waals surface area contributed by atoms with Gasteiger partial charge in [0.15, 0.2) is 0 Å². The van der Waals surface area contributed by atoms with Crippen molar-refractivity contribution in [3.05, 3.63) is 41.1 Å². The van der Waals surface area contributed by atoms with Crippen LogP contribution in [0.15, 0.2) is 30.0 Å². The molecule has 1 aromatic carbocycles. The molecule has 0 saturated heterocycles. The molecule has 3 nitrogen and oxygen atoms in total. The number of allylic oxidation sites excluding steroid dienone is 2. The molecule has 1 fully saturated rings. The van der Waals surface area contributed by atoms with Crippen molar-refractivity contribution in [2.24, 2.45) is 17.3 Å². The second-order valence-corrected chi connectivity index (χ2v) is 7.97. The third-order valence-corrected chi connectivity index (χ3v) is 6.83. The number of carbonyl (C=O) groups is 1. The minimum absolute atomic E-state index is 0.0614. The second kappa shape index (κ2) is 5.65. The van der Waals surface area contributed by atoms with E-state index in [2.05, 4.69) is 36.5 Å². The minimum Gasteiger partial charge on any atom is -0.497 e. The van der Waals surface area contributed by atoms with E-state index in [0.29, 0.717) is 11.8 Å². The number of amides is 1. The van der Waals surface area contributed by atoms with Gasteiger partial charge in [-0.2, -0.15) is 0 Å². The highest BCUT2D eigenvalue weighted by Crippen LogP contribution is 2.60. The second-order valence-electron chi connectivity index (χ2n) is 7.97. The molecule has 0 spiro atoms. The number of carbonyl (C=O) groups excluding carboxylic acids is 1. The molecule has 24 heavy (non-hydrogen) atoms. The Morgan fingerprint density at radius 2 is 2.17 bits per heavy atom. The molecular formula is C21H27NO2. The molecule has 4 rings (SSSR count). The maximum Gasteiger partial charge on any atom is 0.221 e. The van der Waals surface area contributed by atoms with Gasteiger partial charge in [-0.3, -0.25) is 4.79 Å².